The van der Waals surface area contributed by atoms with Crippen LogP contribution in [0.25, 0.3) is 0 Å². The first kappa shape index (κ1) is 11.7. The Bertz CT molecular complexity index is 366. The van der Waals surface area contributed by atoms with E-state index >= 15 is 0 Å². The first-order valence-electron chi connectivity index (χ1n) is 4.37. The lowest BCUT2D eigenvalue weighted by molar-refractivity contribution is 0.241. The second-order valence-corrected chi connectivity index (χ2v) is 4.19. The number of amides is 1. The van der Waals surface area contributed by atoms with E-state index in [2.05, 4.69) is 0 Å². The highest BCUT2D eigenvalue weighted by Crippen LogP contribution is 2.29. The quantitative estimate of drug-likeness (QED) is 0.619. The summed E-state index contributed by atoms with van der Waals surface area (Å²) in [4.78, 5) is 13.8. The zero-order valence-electron chi connectivity index (χ0n) is 8.98. The number of carbonyl (C=O) groups excluding carboxylic acids is 1. The molecule has 0 radical (unpaired) electrons. The molecule has 1 amide bonds. The molecule has 0 fully saturated rings. The van der Waals surface area contributed by atoms with Gasteiger partial charge < -0.3 is 15.4 Å². The number of benzene rings is 1. The molecule has 0 atom stereocenters. The van der Waals surface area contributed by atoms with Crippen LogP contribution in [0.4, 0.5) is 10.5 Å². The van der Waals surface area contributed by atoms with Gasteiger partial charge in [0, 0.05) is 19.0 Å². The highest BCUT2D eigenvalue weighted by Gasteiger charge is 2.08. The van der Waals surface area contributed by atoms with Gasteiger partial charge in [-0.1, -0.05) is 0 Å². The van der Waals surface area contributed by atoms with E-state index in [4.69, 9.17) is 10.5 Å². The highest BCUT2D eigenvalue weighted by molar-refractivity contribution is 8.13. The lowest BCUT2D eigenvalue weighted by Crippen LogP contribution is -2.15. The summed E-state index contributed by atoms with van der Waals surface area (Å²) in [6.07, 6.45) is 0. The average molecular weight is 226 g/mol. The van der Waals surface area contributed by atoms with Crippen molar-refractivity contribution in [2.24, 2.45) is 0 Å². The number of hydrogen-bond donors (Lipinski definition) is 1. The van der Waals surface area contributed by atoms with Gasteiger partial charge in [-0.25, -0.2) is 0 Å². The van der Waals surface area contributed by atoms with Crippen molar-refractivity contribution in [3.8, 4) is 5.75 Å². The minimum absolute atomic E-state index is 0.0261. The minimum atomic E-state index is -0.0261. The molecule has 0 saturated carbocycles. The van der Waals surface area contributed by atoms with Gasteiger partial charge in [-0.05, 0) is 30.0 Å². The van der Waals surface area contributed by atoms with Crippen LogP contribution in [0.3, 0.4) is 0 Å². The lowest BCUT2D eigenvalue weighted by Gasteiger charge is -2.10. The maximum absolute atomic E-state index is 11.4. The van der Waals surface area contributed by atoms with Crippen molar-refractivity contribution in [3.63, 3.8) is 0 Å². The molecule has 4 nitrogen and oxygen atoms in total. The van der Waals surface area contributed by atoms with E-state index in [1.54, 1.807) is 39.4 Å². The second kappa shape index (κ2) is 4.93. The molecule has 0 aliphatic rings. The molecule has 0 saturated heterocycles. The Morgan fingerprint density at radius 3 is 2.67 bits per heavy atom. The summed E-state index contributed by atoms with van der Waals surface area (Å²) < 4.78 is 5.06. The van der Waals surface area contributed by atoms with Crippen molar-refractivity contribution in [2.45, 2.75) is 4.90 Å². The normalized spacial score (nSPS) is 9.80. The fourth-order valence-corrected chi connectivity index (χ4v) is 1.63. The van der Waals surface area contributed by atoms with Gasteiger partial charge in [-0.2, -0.15) is 0 Å². The van der Waals surface area contributed by atoms with Crippen LogP contribution in [0, 0.1) is 0 Å². The molecule has 0 unspecified atom stereocenters. The van der Waals surface area contributed by atoms with Crippen molar-refractivity contribution in [2.75, 3.05) is 26.9 Å². The van der Waals surface area contributed by atoms with E-state index in [0.29, 0.717) is 11.4 Å². The van der Waals surface area contributed by atoms with Crippen molar-refractivity contribution in [3.05, 3.63) is 18.2 Å². The van der Waals surface area contributed by atoms with Crippen LogP contribution in [0.1, 0.15) is 0 Å². The van der Waals surface area contributed by atoms with Crippen LogP contribution in [0.5, 0.6) is 5.75 Å². The first-order valence-corrected chi connectivity index (χ1v) is 5.19. The Hall–Kier alpha value is -1.36. The topological polar surface area (TPSA) is 55.6 Å². The molecular weight excluding hydrogens is 212 g/mol. The Morgan fingerprint density at radius 1 is 1.47 bits per heavy atom. The van der Waals surface area contributed by atoms with E-state index in [-0.39, 0.29) is 5.24 Å². The number of nitrogens with two attached hydrogens (primary N) is 1. The fraction of sp³-hybridized carbons (Fsp3) is 0.300. The maximum atomic E-state index is 11.4. The summed E-state index contributed by atoms with van der Waals surface area (Å²) in [5, 5.41) is -0.0261. The van der Waals surface area contributed by atoms with Gasteiger partial charge in [-0.15, -0.1) is 0 Å². The number of methoxy groups -OCH3 is 1. The minimum Gasteiger partial charge on any atom is -0.495 e. The number of nitrogens with zero attached hydrogens (tertiary/aromatic N) is 1. The van der Waals surface area contributed by atoms with Gasteiger partial charge in [0.1, 0.15) is 5.75 Å². The standard InChI is InChI=1S/C10H14N2O2S/c1-12(2)10(13)15-7-4-5-8(11)9(6-7)14-3/h4-6H,11H2,1-3H3. The lowest BCUT2D eigenvalue weighted by atomic mass is 10.3. The maximum Gasteiger partial charge on any atom is 0.285 e. The Kier molecular flexibility index (Phi) is 3.85. The molecule has 5 heteroatoms. The summed E-state index contributed by atoms with van der Waals surface area (Å²) in [7, 11) is 4.97. The largest absolute Gasteiger partial charge is 0.495 e. The van der Waals surface area contributed by atoms with Crippen molar-refractivity contribution < 1.29 is 9.53 Å². The number of ether oxygens (including phenoxy) is 1. The SMILES string of the molecule is COc1cc(SC(=O)N(C)C)ccc1N. The third-order valence-corrected chi connectivity index (χ3v) is 2.80. The van der Waals surface area contributed by atoms with Gasteiger partial charge >= 0.3 is 0 Å². The summed E-state index contributed by atoms with van der Waals surface area (Å²) in [5.41, 5.74) is 6.23. The number of carbonyl (C=O) groups is 1. The van der Waals surface area contributed by atoms with Crippen molar-refractivity contribution in [1.29, 1.82) is 0 Å². The molecule has 0 spiro atoms. The predicted octanol–water partition coefficient (Wildman–Crippen LogP) is 2.05. The number of rotatable bonds is 2. The van der Waals surface area contributed by atoms with Gasteiger partial charge in [0.2, 0.25) is 0 Å². The molecule has 0 aromatic heterocycles. The van der Waals surface area contributed by atoms with Crippen LogP contribution >= 0.6 is 11.8 Å². The zero-order chi connectivity index (χ0) is 11.4. The summed E-state index contributed by atoms with van der Waals surface area (Å²) in [6.45, 7) is 0. The predicted molar refractivity (Wildman–Crippen MR) is 62.3 cm³/mol. The Labute approximate surface area is 93.4 Å². The number of anilines is 1. The molecule has 1 aromatic rings. The van der Waals surface area contributed by atoms with Gasteiger partial charge in [0.05, 0.1) is 12.8 Å². The number of nitrogen functional groups attached to an aromatic ring is 1. The monoisotopic (exact) mass is 226 g/mol. The van der Waals surface area contributed by atoms with E-state index in [1.807, 2.05) is 0 Å². The molecule has 0 bridgehead atoms. The second-order valence-electron chi connectivity index (χ2n) is 3.17. The summed E-state index contributed by atoms with van der Waals surface area (Å²) in [5.74, 6) is 0.589. The van der Waals surface area contributed by atoms with Crippen LogP contribution in [-0.2, 0) is 0 Å². The van der Waals surface area contributed by atoms with E-state index in [9.17, 15) is 4.79 Å². The molecule has 2 N–H and O–H groups in total. The Balaban J connectivity index is 2.83. The summed E-state index contributed by atoms with van der Waals surface area (Å²) in [6, 6.07) is 5.27. The number of hydrogen-bond acceptors (Lipinski definition) is 4. The molecule has 15 heavy (non-hydrogen) atoms. The summed E-state index contributed by atoms with van der Waals surface area (Å²) >= 11 is 1.14. The smallest absolute Gasteiger partial charge is 0.285 e. The fourth-order valence-electron chi connectivity index (χ4n) is 0.947. The molecule has 1 aromatic carbocycles. The molecular formula is C10H14N2O2S. The van der Waals surface area contributed by atoms with Crippen LogP contribution in [0.15, 0.2) is 23.1 Å². The van der Waals surface area contributed by atoms with Gasteiger partial charge in [0.15, 0.2) is 0 Å². The average Bonchev–Trinajstić information content (AvgIpc) is 2.20. The van der Waals surface area contributed by atoms with Crippen molar-refractivity contribution >= 4 is 22.7 Å². The third kappa shape index (κ3) is 3.06. The molecule has 0 aliphatic heterocycles. The van der Waals surface area contributed by atoms with Crippen LogP contribution in [0.2, 0.25) is 0 Å². The van der Waals surface area contributed by atoms with Gasteiger partial charge in [0.25, 0.3) is 5.24 Å². The molecule has 1 rings (SSSR count). The molecule has 0 heterocycles. The zero-order valence-corrected chi connectivity index (χ0v) is 9.80. The third-order valence-electron chi connectivity index (χ3n) is 1.78. The van der Waals surface area contributed by atoms with Crippen LogP contribution < -0.4 is 10.5 Å². The van der Waals surface area contributed by atoms with Gasteiger partial charge in [-0.3, -0.25) is 4.79 Å². The van der Waals surface area contributed by atoms with Crippen LogP contribution in [-0.4, -0.2) is 31.3 Å². The van der Waals surface area contributed by atoms with E-state index in [0.717, 1.165) is 16.7 Å². The molecule has 0 aliphatic carbocycles. The number of thioether (sulfide) groups is 1. The van der Waals surface area contributed by atoms with Crippen molar-refractivity contribution in [1.82, 2.24) is 4.90 Å². The molecule has 82 valence electrons. The van der Waals surface area contributed by atoms with E-state index < -0.39 is 0 Å². The van der Waals surface area contributed by atoms with E-state index in [1.165, 1.54) is 4.90 Å². The Morgan fingerprint density at radius 2 is 2.13 bits per heavy atom. The first-order chi connectivity index (χ1) is 7.04. The highest BCUT2D eigenvalue weighted by atomic mass is 32.2.